The van der Waals surface area contributed by atoms with Crippen LogP contribution in [0.2, 0.25) is 0 Å². The molecule has 1 fully saturated rings. The highest BCUT2D eigenvalue weighted by molar-refractivity contribution is 5.99. The summed E-state index contributed by atoms with van der Waals surface area (Å²) < 4.78 is 0. The number of nitrogens with two attached hydrogens (primary N) is 2. The van der Waals surface area contributed by atoms with Gasteiger partial charge in [0, 0.05) is 23.2 Å². The first-order chi connectivity index (χ1) is 9.58. The summed E-state index contributed by atoms with van der Waals surface area (Å²) in [5, 5.41) is 2.98. The van der Waals surface area contributed by atoms with Crippen molar-refractivity contribution in [2.45, 2.75) is 44.2 Å². The normalized spacial score (nSPS) is 22.9. The van der Waals surface area contributed by atoms with Crippen molar-refractivity contribution in [3.05, 3.63) is 35.4 Å². The first-order valence-electron chi connectivity index (χ1n) is 7.04. The molecule has 1 saturated carbocycles. The van der Waals surface area contributed by atoms with Crippen molar-refractivity contribution >= 4 is 11.8 Å². The molecule has 1 aromatic rings. The Morgan fingerprint density at radius 2 is 1.80 bits per heavy atom. The molecule has 5 heteroatoms. The lowest BCUT2D eigenvalue weighted by atomic mass is 10.0. The van der Waals surface area contributed by atoms with Gasteiger partial charge in [0.25, 0.3) is 5.91 Å². The van der Waals surface area contributed by atoms with E-state index in [1.807, 2.05) is 0 Å². The van der Waals surface area contributed by atoms with Crippen LogP contribution in [0.3, 0.4) is 0 Å². The summed E-state index contributed by atoms with van der Waals surface area (Å²) in [6, 6.07) is 6.44. The maximum Gasteiger partial charge on any atom is 0.251 e. The lowest BCUT2D eigenvalue weighted by Gasteiger charge is -2.22. The monoisotopic (exact) mass is 275 g/mol. The smallest absolute Gasteiger partial charge is 0.251 e. The van der Waals surface area contributed by atoms with Crippen molar-refractivity contribution in [2.75, 3.05) is 0 Å². The van der Waals surface area contributed by atoms with Crippen molar-refractivity contribution in [3.63, 3.8) is 0 Å². The van der Waals surface area contributed by atoms with Gasteiger partial charge in [0.15, 0.2) is 0 Å². The summed E-state index contributed by atoms with van der Waals surface area (Å²) in [6.07, 6.45) is 5.20. The Bertz CT molecular complexity index is 502. The number of carbonyl (C=O) groups is 2. The highest BCUT2D eigenvalue weighted by atomic mass is 16.2. The van der Waals surface area contributed by atoms with E-state index < -0.39 is 5.91 Å². The predicted octanol–water partition coefficient (Wildman–Crippen LogP) is 1.18. The number of hydrogen-bond donors (Lipinski definition) is 3. The Hall–Kier alpha value is -1.88. The van der Waals surface area contributed by atoms with Gasteiger partial charge < -0.3 is 16.8 Å². The topological polar surface area (TPSA) is 98.2 Å². The standard InChI is InChI=1S/C15H21N3O2/c16-12-7-2-1-3-8-13(12)18-15(20)11-6-4-5-10(9-11)14(17)19/h4-6,9,12-13H,1-3,7-8,16H2,(H2,17,19)(H,18,20). The fourth-order valence-electron chi connectivity index (χ4n) is 2.58. The second-order valence-electron chi connectivity index (χ2n) is 5.33. The Balaban J connectivity index is 2.07. The molecule has 0 saturated heterocycles. The number of primary amides is 1. The van der Waals surface area contributed by atoms with E-state index in [2.05, 4.69) is 5.32 Å². The molecule has 1 aromatic carbocycles. The fraction of sp³-hybridized carbons (Fsp3) is 0.467. The molecule has 20 heavy (non-hydrogen) atoms. The molecule has 0 heterocycles. The van der Waals surface area contributed by atoms with Gasteiger partial charge in [-0.05, 0) is 31.0 Å². The highest BCUT2D eigenvalue weighted by Crippen LogP contribution is 2.17. The van der Waals surface area contributed by atoms with Crippen LogP contribution in [-0.2, 0) is 0 Å². The molecule has 1 aliphatic rings. The molecule has 108 valence electrons. The summed E-state index contributed by atoms with van der Waals surface area (Å²) in [7, 11) is 0. The minimum Gasteiger partial charge on any atom is -0.366 e. The summed E-state index contributed by atoms with van der Waals surface area (Å²) >= 11 is 0. The quantitative estimate of drug-likeness (QED) is 0.722. The zero-order valence-corrected chi connectivity index (χ0v) is 11.5. The number of carbonyl (C=O) groups excluding carboxylic acids is 2. The van der Waals surface area contributed by atoms with E-state index in [-0.39, 0.29) is 18.0 Å². The zero-order valence-electron chi connectivity index (χ0n) is 11.5. The van der Waals surface area contributed by atoms with Gasteiger partial charge in [0.05, 0.1) is 0 Å². The summed E-state index contributed by atoms with van der Waals surface area (Å²) in [5.74, 6) is -0.735. The number of nitrogens with one attached hydrogen (secondary N) is 1. The second kappa shape index (κ2) is 6.52. The van der Waals surface area contributed by atoms with Crippen LogP contribution in [0.4, 0.5) is 0 Å². The lowest BCUT2D eigenvalue weighted by molar-refractivity contribution is 0.0929. The summed E-state index contributed by atoms with van der Waals surface area (Å²) in [4.78, 5) is 23.4. The number of benzene rings is 1. The van der Waals surface area contributed by atoms with Crippen LogP contribution in [0.15, 0.2) is 24.3 Å². The fourth-order valence-corrected chi connectivity index (χ4v) is 2.58. The minimum absolute atomic E-state index is 0.000716. The van der Waals surface area contributed by atoms with Gasteiger partial charge in [0.1, 0.15) is 0 Å². The summed E-state index contributed by atoms with van der Waals surface area (Å²) in [5.41, 5.74) is 12.1. The molecule has 2 amide bonds. The predicted molar refractivity (Wildman–Crippen MR) is 77.3 cm³/mol. The minimum atomic E-state index is -0.536. The lowest BCUT2D eigenvalue weighted by Crippen LogP contribution is -2.46. The van der Waals surface area contributed by atoms with Gasteiger partial charge in [0.2, 0.25) is 5.91 Å². The van der Waals surface area contributed by atoms with Gasteiger partial charge in [-0.1, -0.05) is 25.3 Å². The zero-order chi connectivity index (χ0) is 14.5. The largest absolute Gasteiger partial charge is 0.366 e. The third-order valence-electron chi connectivity index (χ3n) is 3.80. The Kier molecular flexibility index (Phi) is 4.74. The molecule has 5 nitrogen and oxygen atoms in total. The van der Waals surface area contributed by atoms with Crippen LogP contribution >= 0.6 is 0 Å². The van der Waals surface area contributed by atoms with E-state index in [9.17, 15) is 9.59 Å². The van der Waals surface area contributed by atoms with E-state index in [0.29, 0.717) is 11.1 Å². The summed E-state index contributed by atoms with van der Waals surface area (Å²) in [6.45, 7) is 0. The first-order valence-corrected chi connectivity index (χ1v) is 7.04. The molecule has 0 radical (unpaired) electrons. The third-order valence-corrected chi connectivity index (χ3v) is 3.80. The van der Waals surface area contributed by atoms with E-state index in [1.165, 1.54) is 6.07 Å². The molecule has 2 rings (SSSR count). The van der Waals surface area contributed by atoms with Crippen LogP contribution in [0.1, 0.15) is 52.8 Å². The van der Waals surface area contributed by atoms with Crippen molar-refractivity contribution in [1.82, 2.24) is 5.32 Å². The van der Waals surface area contributed by atoms with E-state index in [4.69, 9.17) is 11.5 Å². The molecule has 1 aliphatic carbocycles. The van der Waals surface area contributed by atoms with Gasteiger partial charge in [-0.3, -0.25) is 9.59 Å². The van der Waals surface area contributed by atoms with Gasteiger partial charge in [-0.25, -0.2) is 0 Å². The van der Waals surface area contributed by atoms with Crippen LogP contribution in [0.25, 0.3) is 0 Å². The number of rotatable bonds is 3. The van der Waals surface area contributed by atoms with Crippen molar-refractivity contribution < 1.29 is 9.59 Å². The molecular formula is C15H21N3O2. The van der Waals surface area contributed by atoms with Crippen molar-refractivity contribution in [3.8, 4) is 0 Å². The molecule has 0 bridgehead atoms. The van der Waals surface area contributed by atoms with E-state index in [0.717, 1.165) is 32.1 Å². The number of hydrogen-bond acceptors (Lipinski definition) is 3. The van der Waals surface area contributed by atoms with Crippen LogP contribution in [-0.4, -0.2) is 23.9 Å². The third kappa shape index (κ3) is 3.57. The maximum absolute atomic E-state index is 12.2. The van der Waals surface area contributed by atoms with Crippen molar-refractivity contribution in [2.24, 2.45) is 11.5 Å². The molecule has 0 aliphatic heterocycles. The SMILES string of the molecule is NC(=O)c1cccc(C(=O)NC2CCCCCC2N)c1. The maximum atomic E-state index is 12.2. The molecule has 2 unspecified atom stereocenters. The molecule has 2 atom stereocenters. The Labute approximate surface area is 118 Å². The molecule has 0 aromatic heterocycles. The van der Waals surface area contributed by atoms with Gasteiger partial charge >= 0.3 is 0 Å². The number of amides is 2. The van der Waals surface area contributed by atoms with Crippen LogP contribution in [0.5, 0.6) is 0 Å². The average Bonchev–Trinajstić information content (AvgIpc) is 2.64. The van der Waals surface area contributed by atoms with Crippen LogP contribution in [0, 0.1) is 0 Å². The Morgan fingerprint density at radius 1 is 1.10 bits per heavy atom. The van der Waals surface area contributed by atoms with Gasteiger partial charge in [-0.2, -0.15) is 0 Å². The van der Waals surface area contributed by atoms with Crippen molar-refractivity contribution in [1.29, 1.82) is 0 Å². The van der Waals surface area contributed by atoms with Crippen LogP contribution < -0.4 is 16.8 Å². The average molecular weight is 275 g/mol. The highest BCUT2D eigenvalue weighted by Gasteiger charge is 2.22. The first kappa shape index (κ1) is 14.5. The van der Waals surface area contributed by atoms with E-state index in [1.54, 1.807) is 18.2 Å². The van der Waals surface area contributed by atoms with Gasteiger partial charge in [-0.15, -0.1) is 0 Å². The van der Waals surface area contributed by atoms with E-state index >= 15 is 0 Å². The second-order valence-corrected chi connectivity index (χ2v) is 5.33. The molecule has 0 spiro atoms. The molecule has 5 N–H and O–H groups in total. The molecular weight excluding hydrogens is 254 g/mol. The Morgan fingerprint density at radius 3 is 2.55 bits per heavy atom.